The van der Waals surface area contributed by atoms with Gasteiger partial charge in [0.15, 0.2) is 6.04 Å². The van der Waals surface area contributed by atoms with Crippen LogP contribution in [0, 0.1) is 0 Å². The number of carbonyl (C=O) groups is 2. The molecule has 0 N–H and O–H groups in total. The second-order valence-electron chi connectivity index (χ2n) is 4.44. The molecule has 0 saturated carbocycles. The molecule has 0 saturated heterocycles. The zero-order chi connectivity index (χ0) is 13.1. The van der Waals surface area contributed by atoms with E-state index in [0.29, 0.717) is 0 Å². The summed E-state index contributed by atoms with van der Waals surface area (Å²) in [4.78, 5) is 28.2. The van der Waals surface area contributed by atoms with E-state index in [4.69, 9.17) is 14.3 Å². The third-order valence-electron chi connectivity index (χ3n) is 1.79. The lowest BCUT2D eigenvalue weighted by atomic mass is 10.2. The highest BCUT2D eigenvalue weighted by Gasteiger charge is 2.37. The molecule has 1 amide bonds. The number of hydroxylamine groups is 2. The van der Waals surface area contributed by atoms with Crippen molar-refractivity contribution in [3.8, 4) is 0 Å². The van der Waals surface area contributed by atoms with Crippen molar-refractivity contribution in [1.82, 2.24) is 5.06 Å². The Balaban J connectivity index is 2.65. The first-order chi connectivity index (χ1) is 7.85. The minimum absolute atomic E-state index is 0.241. The number of hydrogen-bond donors (Lipinski definition) is 0. The second-order valence-corrected chi connectivity index (χ2v) is 4.44. The van der Waals surface area contributed by atoms with Crippen LogP contribution in [0.5, 0.6) is 0 Å². The van der Waals surface area contributed by atoms with Gasteiger partial charge in [-0.15, -0.1) is 5.06 Å². The molecule has 96 valence electrons. The molecule has 0 aromatic rings. The van der Waals surface area contributed by atoms with Crippen LogP contribution < -0.4 is 0 Å². The summed E-state index contributed by atoms with van der Waals surface area (Å²) in [5.74, 6) is -0.549. The highest BCUT2D eigenvalue weighted by molar-refractivity contribution is 5.83. The van der Waals surface area contributed by atoms with Gasteiger partial charge in [-0.2, -0.15) is 0 Å². The monoisotopic (exact) mass is 243 g/mol. The van der Waals surface area contributed by atoms with Crippen molar-refractivity contribution in [3.63, 3.8) is 0 Å². The standard InChI is InChI=1S/C11H17NO5/c1-5-15-9(13)8-6-7-16-12(8)10(14)17-11(2,3)4/h6-8H,5H2,1-4H3/t8-/m0/s1. The number of esters is 1. The summed E-state index contributed by atoms with van der Waals surface area (Å²) in [6.45, 7) is 7.12. The van der Waals surface area contributed by atoms with E-state index in [-0.39, 0.29) is 6.61 Å². The zero-order valence-electron chi connectivity index (χ0n) is 10.4. The normalized spacial score (nSPS) is 18.8. The molecule has 0 fully saturated rings. The van der Waals surface area contributed by atoms with E-state index in [2.05, 4.69) is 0 Å². The van der Waals surface area contributed by atoms with Gasteiger partial charge in [0, 0.05) is 0 Å². The van der Waals surface area contributed by atoms with Gasteiger partial charge in [-0.1, -0.05) is 0 Å². The fraction of sp³-hybridized carbons (Fsp3) is 0.636. The summed E-state index contributed by atoms with van der Waals surface area (Å²) in [5, 5.41) is 0.850. The predicted octanol–water partition coefficient (Wildman–Crippen LogP) is 1.61. The number of ether oxygens (including phenoxy) is 2. The molecule has 0 unspecified atom stereocenters. The largest absolute Gasteiger partial charge is 0.464 e. The van der Waals surface area contributed by atoms with Crippen LogP contribution in [0.1, 0.15) is 27.7 Å². The van der Waals surface area contributed by atoms with Gasteiger partial charge in [-0.25, -0.2) is 9.59 Å². The van der Waals surface area contributed by atoms with E-state index in [1.165, 1.54) is 12.3 Å². The summed E-state index contributed by atoms with van der Waals surface area (Å²) < 4.78 is 9.91. The molecule has 1 rings (SSSR count). The molecular formula is C11H17NO5. The first-order valence-corrected chi connectivity index (χ1v) is 5.37. The van der Waals surface area contributed by atoms with Crippen LogP contribution in [-0.2, 0) is 19.1 Å². The smallest absolute Gasteiger partial charge is 0.444 e. The quantitative estimate of drug-likeness (QED) is 0.689. The first kappa shape index (κ1) is 13.3. The van der Waals surface area contributed by atoms with Crippen molar-refractivity contribution in [3.05, 3.63) is 12.3 Å². The summed E-state index contributed by atoms with van der Waals surface area (Å²) in [5.41, 5.74) is -0.651. The van der Waals surface area contributed by atoms with Gasteiger partial charge in [-0.05, 0) is 33.8 Å². The topological polar surface area (TPSA) is 65.1 Å². The molecule has 6 nitrogen and oxygen atoms in total. The van der Waals surface area contributed by atoms with Gasteiger partial charge >= 0.3 is 12.1 Å². The Morgan fingerprint density at radius 3 is 2.59 bits per heavy atom. The van der Waals surface area contributed by atoms with Gasteiger partial charge in [-0.3, -0.25) is 0 Å². The Hall–Kier alpha value is -1.72. The van der Waals surface area contributed by atoms with E-state index in [1.807, 2.05) is 0 Å². The summed E-state index contributed by atoms with van der Waals surface area (Å²) >= 11 is 0. The van der Waals surface area contributed by atoms with Crippen molar-refractivity contribution in [2.45, 2.75) is 39.3 Å². The predicted molar refractivity (Wildman–Crippen MR) is 58.7 cm³/mol. The molecule has 0 spiro atoms. The van der Waals surface area contributed by atoms with Crippen molar-refractivity contribution in [2.75, 3.05) is 6.61 Å². The minimum atomic E-state index is -0.884. The van der Waals surface area contributed by atoms with E-state index in [0.717, 1.165) is 5.06 Å². The number of rotatable bonds is 2. The van der Waals surface area contributed by atoms with Crippen molar-refractivity contribution < 1.29 is 23.9 Å². The van der Waals surface area contributed by atoms with Crippen LogP contribution in [0.15, 0.2) is 12.3 Å². The van der Waals surface area contributed by atoms with Gasteiger partial charge in [0.1, 0.15) is 11.9 Å². The third-order valence-corrected chi connectivity index (χ3v) is 1.79. The molecule has 0 bridgehead atoms. The number of carbonyl (C=O) groups excluding carboxylic acids is 2. The molecule has 17 heavy (non-hydrogen) atoms. The number of nitrogens with zero attached hydrogens (tertiary/aromatic N) is 1. The average molecular weight is 243 g/mol. The fourth-order valence-corrected chi connectivity index (χ4v) is 1.18. The van der Waals surface area contributed by atoms with Gasteiger partial charge in [0.05, 0.1) is 6.61 Å². The highest BCUT2D eigenvalue weighted by Crippen LogP contribution is 2.17. The van der Waals surface area contributed by atoms with E-state index < -0.39 is 23.7 Å². The summed E-state index contributed by atoms with van der Waals surface area (Å²) in [7, 11) is 0. The molecule has 1 aliphatic rings. The van der Waals surface area contributed by atoms with E-state index in [1.54, 1.807) is 27.7 Å². The lowest BCUT2D eigenvalue weighted by Gasteiger charge is -2.25. The van der Waals surface area contributed by atoms with Gasteiger partial charge in [0.25, 0.3) is 0 Å². The van der Waals surface area contributed by atoms with Crippen LogP contribution in [0.2, 0.25) is 0 Å². The lowest BCUT2D eigenvalue weighted by Crippen LogP contribution is -2.43. The lowest BCUT2D eigenvalue weighted by molar-refractivity contribution is -0.160. The molecule has 0 aromatic carbocycles. The maximum atomic E-state index is 11.7. The van der Waals surface area contributed by atoms with E-state index in [9.17, 15) is 9.59 Å². The van der Waals surface area contributed by atoms with Gasteiger partial charge in [0.2, 0.25) is 0 Å². The SMILES string of the molecule is CCOC(=O)[C@@H]1C=CON1C(=O)OC(C)(C)C. The Kier molecular flexibility index (Phi) is 3.98. The maximum absolute atomic E-state index is 11.7. The van der Waals surface area contributed by atoms with Crippen LogP contribution in [0.25, 0.3) is 0 Å². The summed E-state index contributed by atoms with van der Waals surface area (Å²) in [6, 6.07) is -0.884. The zero-order valence-corrected chi connectivity index (χ0v) is 10.4. The molecule has 0 radical (unpaired) electrons. The Morgan fingerprint density at radius 1 is 1.41 bits per heavy atom. The van der Waals surface area contributed by atoms with Crippen LogP contribution in [-0.4, -0.2) is 35.4 Å². The van der Waals surface area contributed by atoms with Crippen molar-refractivity contribution in [1.29, 1.82) is 0 Å². The summed E-state index contributed by atoms with van der Waals surface area (Å²) in [6.07, 6.45) is 1.97. The molecule has 1 atom stereocenters. The van der Waals surface area contributed by atoms with Gasteiger partial charge < -0.3 is 14.3 Å². The molecule has 6 heteroatoms. The Labute approximate surface area is 100 Å². The molecule has 1 heterocycles. The maximum Gasteiger partial charge on any atom is 0.444 e. The van der Waals surface area contributed by atoms with E-state index >= 15 is 0 Å². The number of hydrogen-bond acceptors (Lipinski definition) is 5. The average Bonchev–Trinajstić information content (AvgIpc) is 2.63. The molecule has 0 aliphatic carbocycles. The van der Waals surface area contributed by atoms with Crippen molar-refractivity contribution in [2.24, 2.45) is 0 Å². The van der Waals surface area contributed by atoms with Crippen LogP contribution in [0.4, 0.5) is 4.79 Å². The minimum Gasteiger partial charge on any atom is -0.464 e. The first-order valence-electron chi connectivity index (χ1n) is 5.37. The van der Waals surface area contributed by atoms with Crippen LogP contribution in [0.3, 0.4) is 0 Å². The highest BCUT2D eigenvalue weighted by atomic mass is 16.7. The second kappa shape index (κ2) is 5.07. The van der Waals surface area contributed by atoms with Crippen LogP contribution >= 0.6 is 0 Å². The number of amides is 1. The molecular weight excluding hydrogens is 226 g/mol. The third kappa shape index (κ3) is 3.65. The Bertz CT molecular complexity index is 331. The van der Waals surface area contributed by atoms with Crippen molar-refractivity contribution >= 4 is 12.1 Å². The molecule has 0 aromatic heterocycles. The Morgan fingerprint density at radius 2 is 2.06 bits per heavy atom. The fourth-order valence-electron chi connectivity index (χ4n) is 1.18. The molecule has 1 aliphatic heterocycles.